The van der Waals surface area contributed by atoms with E-state index in [9.17, 15) is 0 Å². The van der Waals surface area contributed by atoms with Crippen molar-refractivity contribution in [3.63, 3.8) is 0 Å². The van der Waals surface area contributed by atoms with Gasteiger partial charge in [0.2, 0.25) is 0 Å². The number of imidazole rings is 1. The number of hydrogen-bond acceptors (Lipinski definition) is 1. The first-order chi connectivity index (χ1) is 16.8. The minimum atomic E-state index is 0.576. The summed E-state index contributed by atoms with van der Waals surface area (Å²) in [5.74, 6) is 0.696. The molecule has 1 aromatic carbocycles. The van der Waals surface area contributed by atoms with E-state index in [0.717, 1.165) is 0 Å². The van der Waals surface area contributed by atoms with Crippen LogP contribution in [0.3, 0.4) is 0 Å². The number of nitrogens with zero attached hydrogens (tertiary/aromatic N) is 2. The van der Waals surface area contributed by atoms with Crippen LogP contribution in [-0.2, 0) is 6.42 Å². The Morgan fingerprint density at radius 1 is 0.647 bits per heavy atom. The van der Waals surface area contributed by atoms with Crippen LogP contribution < -0.4 is 0 Å². The molecule has 0 N–H and O–H groups in total. The van der Waals surface area contributed by atoms with Gasteiger partial charge in [-0.15, -0.1) is 0 Å². The second-order valence-corrected chi connectivity index (χ2v) is 10.6. The molecular formula is C32H54N2. The molecule has 0 fully saturated rings. The second-order valence-electron chi connectivity index (χ2n) is 10.6. The summed E-state index contributed by atoms with van der Waals surface area (Å²) in [4.78, 5) is 4.42. The summed E-state index contributed by atoms with van der Waals surface area (Å²) >= 11 is 0. The zero-order valence-electron chi connectivity index (χ0n) is 22.6. The maximum Gasteiger partial charge on any atom is 0.0948 e. The van der Waals surface area contributed by atoms with Gasteiger partial charge >= 0.3 is 0 Å². The fourth-order valence-electron chi connectivity index (χ4n) is 5.47. The van der Waals surface area contributed by atoms with Crippen LogP contribution in [0.5, 0.6) is 0 Å². The van der Waals surface area contributed by atoms with Crippen molar-refractivity contribution < 1.29 is 0 Å². The lowest BCUT2D eigenvalue weighted by molar-refractivity contribution is 0.275. The Kier molecular flexibility index (Phi) is 16.6. The molecule has 0 aliphatic heterocycles. The summed E-state index contributed by atoms with van der Waals surface area (Å²) in [6.45, 7) is 4.60. The standard InChI is InChI=1S/C32H54N2/c1-3-5-7-9-11-12-13-14-15-20-24-31(28-30-22-18-17-19-23-30)32(34-27-26-33-29-34)25-21-16-10-8-6-4-2/h17-19,22-23,26-27,29,31-32H,3-16,20-21,24-25,28H2,1-2H3. The van der Waals surface area contributed by atoms with Gasteiger partial charge in [0.25, 0.3) is 0 Å². The van der Waals surface area contributed by atoms with Gasteiger partial charge in [-0.25, -0.2) is 4.98 Å². The van der Waals surface area contributed by atoms with Crippen LogP contribution in [0.1, 0.15) is 141 Å². The van der Waals surface area contributed by atoms with Crippen LogP contribution >= 0.6 is 0 Å². The monoisotopic (exact) mass is 466 g/mol. The Morgan fingerprint density at radius 2 is 1.18 bits per heavy atom. The molecular weight excluding hydrogens is 412 g/mol. The minimum absolute atomic E-state index is 0.576. The molecule has 0 amide bonds. The number of aromatic nitrogens is 2. The zero-order chi connectivity index (χ0) is 24.1. The molecule has 0 saturated heterocycles. The van der Waals surface area contributed by atoms with Crippen LogP contribution in [0, 0.1) is 5.92 Å². The van der Waals surface area contributed by atoms with Gasteiger partial charge in [-0.3, -0.25) is 0 Å². The highest BCUT2D eigenvalue weighted by Gasteiger charge is 2.23. The lowest BCUT2D eigenvalue weighted by Gasteiger charge is -2.29. The molecule has 0 saturated carbocycles. The van der Waals surface area contributed by atoms with Gasteiger partial charge in [-0.05, 0) is 30.7 Å². The number of rotatable bonds is 22. The van der Waals surface area contributed by atoms with Gasteiger partial charge in [-0.1, -0.05) is 147 Å². The Labute approximate surface area is 212 Å². The summed E-state index contributed by atoms with van der Waals surface area (Å²) in [6, 6.07) is 11.8. The largest absolute Gasteiger partial charge is 0.334 e. The highest BCUT2D eigenvalue weighted by molar-refractivity contribution is 5.15. The first kappa shape index (κ1) is 28.7. The molecule has 1 aromatic heterocycles. The summed E-state index contributed by atoms with van der Waals surface area (Å²) < 4.78 is 2.43. The summed E-state index contributed by atoms with van der Waals surface area (Å²) in [6.07, 6.45) is 32.4. The van der Waals surface area contributed by atoms with Crippen LogP contribution in [-0.4, -0.2) is 9.55 Å². The van der Waals surface area contributed by atoms with Crippen molar-refractivity contribution in [2.24, 2.45) is 5.92 Å². The zero-order valence-corrected chi connectivity index (χ0v) is 22.6. The fraction of sp³-hybridized carbons (Fsp3) is 0.719. The van der Waals surface area contributed by atoms with Crippen molar-refractivity contribution in [2.75, 3.05) is 0 Å². The van der Waals surface area contributed by atoms with E-state index in [0.29, 0.717) is 12.0 Å². The maximum absolute atomic E-state index is 4.42. The highest BCUT2D eigenvalue weighted by atomic mass is 15.1. The van der Waals surface area contributed by atoms with Crippen LogP contribution in [0.25, 0.3) is 0 Å². The van der Waals surface area contributed by atoms with Crippen molar-refractivity contribution in [3.8, 4) is 0 Å². The van der Waals surface area contributed by atoms with E-state index in [4.69, 9.17) is 0 Å². The van der Waals surface area contributed by atoms with E-state index in [-0.39, 0.29) is 0 Å². The minimum Gasteiger partial charge on any atom is -0.334 e. The predicted molar refractivity (Wildman–Crippen MR) is 149 cm³/mol. The molecule has 1 heterocycles. The molecule has 2 nitrogen and oxygen atoms in total. The van der Waals surface area contributed by atoms with E-state index in [1.807, 2.05) is 6.20 Å². The van der Waals surface area contributed by atoms with Crippen LogP contribution in [0.15, 0.2) is 49.1 Å². The van der Waals surface area contributed by atoms with Crippen molar-refractivity contribution in [1.82, 2.24) is 9.55 Å². The molecule has 34 heavy (non-hydrogen) atoms. The van der Waals surface area contributed by atoms with E-state index < -0.39 is 0 Å². The topological polar surface area (TPSA) is 17.8 Å². The molecule has 2 aromatic rings. The first-order valence-electron chi connectivity index (χ1n) is 14.9. The van der Waals surface area contributed by atoms with Crippen molar-refractivity contribution in [2.45, 2.75) is 142 Å². The third kappa shape index (κ3) is 12.8. The maximum atomic E-state index is 4.42. The van der Waals surface area contributed by atoms with Gasteiger partial charge in [0.05, 0.1) is 6.33 Å². The Morgan fingerprint density at radius 3 is 1.71 bits per heavy atom. The van der Waals surface area contributed by atoms with Gasteiger partial charge in [0, 0.05) is 18.4 Å². The number of hydrogen-bond donors (Lipinski definition) is 0. The molecule has 0 aliphatic carbocycles. The highest BCUT2D eigenvalue weighted by Crippen LogP contribution is 2.32. The van der Waals surface area contributed by atoms with Crippen molar-refractivity contribution in [3.05, 3.63) is 54.6 Å². The molecule has 2 rings (SSSR count). The molecule has 0 bridgehead atoms. The summed E-state index contributed by atoms with van der Waals surface area (Å²) in [5, 5.41) is 0. The van der Waals surface area contributed by atoms with Gasteiger partial charge in [-0.2, -0.15) is 0 Å². The third-order valence-electron chi connectivity index (χ3n) is 7.57. The van der Waals surface area contributed by atoms with E-state index >= 15 is 0 Å². The lowest BCUT2D eigenvalue weighted by atomic mass is 9.84. The SMILES string of the molecule is CCCCCCCCCCCCC(Cc1ccccc1)C(CCCCCCCC)n1ccnc1. The quantitative estimate of drug-likeness (QED) is 0.158. The van der Waals surface area contributed by atoms with Crippen molar-refractivity contribution in [1.29, 1.82) is 0 Å². The predicted octanol–water partition coefficient (Wildman–Crippen LogP) is 10.3. The van der Waals surface area contributed by atoms with Crippen LogP contribution in [0.4, 0.5) is 0 Å². The molecule has 2 atom stereocenters. The number of benzene rings is 1. The van der Waals surface area contributed by atoms with Crippen LogP contribution in [0.2, 0.25) is 0 Å². The molecule has 0 radical (unpaired) electrons. The molecule has 2 unspecified atom stereocenters. The van der Waals surface area contributed by atoms with Gasteiger partial charge in [0.1, 0.15) is 0 Å². The first-order valence-corrected chi connectivity index (χ1v) is 14.9. The Hall–Kier alpha value is -1.57. The second kappa shape index (κ2) is 19.7. The summed E-state index contributed by atoms with van der Waals surface area (Å²) in [7, 11) is 0. The van der Waals surface area contributed by atoms with E-state index in [2.05, 4.69) is 66.3 Å². The Bertz CT molecular complexity index is 664. The molecule has 0 aliphatic rings. The normalized spacial score (nSPS) is 13.2. The molecule has 0 spiro atoms. The molecule has 2 heteroatoms. The lowest BCUT2D eigenvalue weighted by Crippen LogP contribution is -2.21. The van der Waals surface area contributed by atoms with Gasteiger partial charge in [0.15, 0.2) is 0 Å². The Balaban J connectivity index is 1.84. The molecule has 192 valence electrons. The average molecular weight is 467 g/mol. The van der Waals surface area contributed by atoms with E-state index in [1.165, 1.54) is 128 Å². The third-order valence-corrected chi connectivity index (χ3v) is 7.57. The number of unbranched alkanes of at least 4 members (excludes halogenated alkanes) is 14. The van der Waals surface area contributed by atoms with E-state index in [1.54, 1.807) is 0 Å². The van der Waals surface area contributed by atoms with Crippen molar-refractivity contribution >= 4 is 0 Å². The van der Waals surface area contributed by atoms with Gasteiger partial charge < -0.3 is 4.57 Å². The fourth-order valence-corrected chi connectivity index (χ4v) is 5.47. The average Bonchev–Trinajstić information content (AvgIpc) is 3.39. The smallest absolute Gasteiger partial charge is 0.0948 e. The summed E-state index contributed by atoms with van der Waals surface area (Å²) in [5.41, 5.74) is 1.49.